The van der Waals surface area contributed by atoms with Crippen LogP contribution in [0.1, 0.15) is 10.4 Å². The molecular formula is C21H19N7OS. The number of aromatic nitrogens is 4. The van der Waals surface area contributed by atoms with Crippen LogP contribution in [0.15, 0.2) is 60.9 Å². The number of carbonyl (C=O) groups excluding carboxylic acids is 1. The van der Waals surface area contributed by atoms with Gasteiger partial charge < -0.3 is 15.1 Å². The molecule has 2 aromatic carbocycles. The van der Waals surface area contributed by atoms with Crippen LogP contribution in [0.3, 0.4) is 0 Å². The number of fused-ring (bicyclic) bond motifs is 1. The average molecular weight is 417 g/mol. The molecule has 4 aromatic rings. The van der Waals surface area contributed by atoms with Gasteiger partial charge in [-0.3, -0.25) is 4.79 Å². The summed E-state index contributed by atoms with van der Waals surface area (Å²) in [7, 11) is 0. The van der Waals surface area contributed by atoms with Gasteiger partial charge in [0.1, 0.15) is 29.0 Å². The standard InChI is InChI=1S/C21H19N7OS/c29-21(15-6-7-17-18(12-15)26-30-25-17)24-19-13-20(23-14-22-19)28-10-8-27(9-11-28)16-4-2-1-3-5-16/h1-7,12-14H,8-11H2,(H,22,23,24,29). The molecule has 150 valence electrons. The molecule has 0 bridgehead atoms. The van der Waals surface area contributed by atoms with Crippen molar-refractivity contribution in [2.24, 2.45) is 0 Å². The summed E-state index contributed by atoms with van der Waals surface area (Å²) >= 11 is 1.13. The third-order valence-corrected chi connectivity index (χ3v) is 5.69. The second-order valence-corrected chi connectivity index (χ2v) is 7.52. The van der Waals surface area contributed by atoms with Gasteiger partial charge >= 0.3 is 0 Å². The Morgan fingerprint density at radius 2 is 1.63 bits per heavy atom. The fraction of sp³-hybridized carbons (Fsp3) is 0.190. The highest BCUT2D eigenvalue weighted by Gasteiger charge is 2.19. The summed E-state index contributed by atoms with van der Waals surface area (Å²) in [5.41, 5.74) is 3.26. The van der Waals surface area contributed by atoms with E-state index in [2.05, 4.69) is 58.1 Å². The lowest BCUT2D eigenvalue weighted by atomic mass is 10.2. The third kappa shape index (κ3) is 3.79. The number of piperazine rings is 1. The fourth-order valence-electron chi connectivity index (χ4n) is 3.53. The molecule has 8 nitrogen and oxygen atoms in total. The zero-order valence-electron chi connectivity index (χ0n) is 16.1. The Kier molecular flexibility index (Phi) is 4.94. The number of hydrogen-bond acceptors (Lipinski definition) is 8. The molecule has 30 heavy (non-hydrogen) atoms. The van der Waals surface area contributed by atoms with Crippen LogP contribution < -0.4 is 15.1 Å². The van der Waals surface area contributed by atoms with Crippen LogP contribution in [0.4, 0.5) is 17.3 Å². The van der Waals surface area contributed by atoms with E-state index in [9.17, 15) is 4.79 Å². The summed E-state index contributed by atoms with van der Waals surface area (Å²) in [6.45, 7) is 3.54. The summed E-state index contributed by atoms with van der Waals surface area (Å²) in [4.78, 5) is 25.8. The predicted molar refractivity (Wildman–Crippen MR) is 118 cm³/mol. The number of amides is 1. The third-order valence-electron chi connectivity index (χ3n) is 5.14. The average Bonchev–Trinajstić information content (AvgIpc) is 3.28. The summed E-state index contributed by atoms with van der Waals surface area (Å²) in [6, 6.07) is 17.5. The first-order valence-corrected chi connectivity index (χ1v) is 10.4. The maximum atomic E-state index is 12.6. The molecule has 3 heterocycles. The van der Waals surface area contributed by atoms with Crippen LogP contribution >= 0.6 is 11.7 Å². The first kappa shape index (κ1) is 18.4. The van der Waals surface area contributed by atoms with Gasteiger partial charge in [-0.05, 0) is 30.3 Å². The van der Waals surface area contributed by atoms with Crippen LogP contribution in [0.5, 0.6) is 0 Å². The highest BCUT2D eigenvalue weighted by atomic mass is 32.1. The largest absolute Gasteiger partial charge is 0.368 e. The minimum atomic E-state index is -0.233. The van der Waals surface area contributed by atoms with Gasteiger partial charge in [-0.25, -0.2) is 9.97 Å². The second-order valence-electron chi connectivity index (χ2n) is 6.99. The lowest BCUT2D eigenvalue weighted by Crippen LogP contribution is -2.46. The van der Waals surface area contributed by atoms with Crippen molar-refractivity contribution in [3.8, 4) is 0 Å². The zero-order chi connectivity index (χ0) is 20.3. The summed E-state index contributed by atoms with van der Waals surface area (Å²) in [5.74, 6) is 1.06. The van der Waals surface area contributed by atoms with E-state index in [0.29, 0.717) is 16.9 Å². The number of para-hydroxylation sites is 1. The highest BCUT2D eigenvalue weighted by molar-refractivity contribution is 7.00. The Morgan fingerprint density at radius 1 is 0.867 bits per heavy atom. The minimum Gasteiger partial charge on any atom is -0.368 e. The van der Waals surface area contributed by atoms with Gasteiger partial charge in [0.2, 0.25) is 0 Å². The number of hydrogen-bond donors (Lipinski definition) is 1. The number of benzene rings is 2. The molecule has 1 aliphatic rings. The molecule has 5 rings (SSSR count). The lowest BCUT2D eigenvalue weighted by Gasteiger charge is -2.36. The SMILES string of the molecule is O=C(Nc1cc(N2CCN(c3ccccc3)CC2)ncn1)c1ccc2nsnc2c1. The quantitative estimate of drug-likeness (QED) is 0.546. The Morgan fingerprint density at radius 3 is 2.47 bits per heavy atom. The van der Waals surface area contributed by atoms with E-state index < -0.39 is 0 Å². The van der Waals surface area contributed by atoms with Gasteiger partial charge in [-0.2, -0.15) is 8.75 Å². The second kappa shape index (κ2) is 8.03. The van der Waals surface area contributed by atoms with Crippen LogP contribution in [-0.4, -0.2) is 50.8 Å². The van der Waals surface area contributed by atoms with E-state index in [1.807, 2.05) is 12.1 Å². The van der Waals surface area contributed by atoms with E-state index in [-0.39, 0.29) is 5.91 Å². The van der Waals surface area contributed by atoms with Crippen molar-refractivity contribution >= 4 is 46.0 Å². The predicted octanol–water partition coefficient (Wildman–Crippen LogP) is 3.06. The molecule has 1 amide bonds. The Balaban J connectivity index is 1.26. The monoisotopic (exact) mass is 417 g/mol. The molecule has 1 aliphatic heterocycles. The molecule has 1 saturated heterocycles. The first-order chi connectivity index (χ1) is 14.8. The molecule has 0 atom stereocenters. The molecular weight excluding hydrogens is 398 g/mol. The van der Waals surface area contributed by atoms with Crippen molar-refractivity contribution in [3.05, 3.63) is 66.5 Å². The van der Waals surface area contributed by atoms with E-state index in [1.54, 1.807) is 18.2 Å². The highest BCUT2D eigenvalue weighted by Crippen LogP contribution is 2.21. The van der Waals surface area contributed by atoms with E-state index in [4.69, 9.17) is 0 Å². The molecule has 0 saturated carbocycles. The van der Waals surface area contributed by atoms with Gasteiger partial charge in [0, 0.05) is 43.5 Å². The van der Waals surface area contributed by atoms with E-state index in [0.717, 1.165) is 49.2 Å². The molecule has 0 aliphatic carbocycles. The van der Waals surface area contributed by atoms with Crippen molar-refractivity contribution < 1.29 is 4.79 Å². The number of rotatable bonds is 4. The van der Waals surface area contributed by atoms with Crippen LogP contribution in [0.2, 0.25) is 0 Å². The van der Waals surface area contributed by atoms with Crippen LogP contribution in [0, 0.1) is 0 Å². The Hall–Kier alpha value is -3.59. The Bertz CT molecular complexity index is 1170. The number of nitrogens with zero attached hydrogens (tertiary/aromatic N) is 6. The van der Waals surface area contributed by atoms with Crippen molar-refractivity contribution in [2.45, 2.75) is 0 Å². The van der Waals surface area contributed by atoms with Crippen molar-refractivity contribution in [2.75, 3.05) is 41.3 Å². The maximum Gasteiger partial charge on any atom is 0.256 e. The molecule has 9 heteroatoms. The number of carbonyl (C=O) groups is 1. The molecule has 1 fully saturated rings. The molecule has 2 aromatic heterocycles. The van der Waals surface area contributed by atoms with E-state index in [1.165, 1.54) is 12.0 Å². The smallest absolute Gasteiger partial charge is 0.256 e. The molecule has 1 N–H and O–H groups in total. The number of nitrogens with one attached hydrogen (secondary N) is 1. The van der Waals surface area contributed by atoms with Gasteiger partial charge in [-0.1, -0.05) is 18.2 Å². The van der Waals surface area contributed by atoms with Gasteiger partial charge in [0.25, 0.3) is 5.91 Å². The van der Waals surface area contributed by atoms with Crippen LogP contribution in [-0.2, 0) is 0 Å². The van der Waals surface area contributed by atoms with Crippen molar-refractivity contribution in [3.63, 3.8) is 0 Å². The molecule has 0 spiro atoms. The van der Waals surface area contributed by atoms with Crippen LogP contribution in [0.25, 0.3) is 11.0 Å². The minimum absolute atomic E-state index is 0.233. The summed E-state index contributed by atoms with van der Waals surface area (Å²) in [5, 5.41) is 2.86. The lowest BCUT2D eigenvalue weighted by molar-refractivity contribution is 0.102. The molecule has 0 radical (unpaired) electrons. The van der Waals surface area contributed by atoms with Gasteiger partial charge in [0.05, 0.1) is 11.7 Å². The number of anilines is 3. The maximum absolute atomic E-state index is 12.6. The molecule has 0 unspecified atom stereocenters. The zero-order valence-corrected chi connectivity index (χ0v) is 16.9. The van der Waals surface area contributed by atoms with Gasteiger partial charge in [-0.15, -0.1) is 0 Å². The topological polar surface area (TPSA) is 87.1 Å². The van der Waals surface area contributed by atoms with Crippen molar-refractivity contribution in [1.29, 1.82) is 0 Å². The van der Waals surface area contributed by atoms with Crippen molar-refractivity contribution in [1.82, 2.24) is 18.7 Å². The Labute approximate surface area is 177 Å². The van der Waals surface area contributed by atoms with E-state index >= 15 is 0 Å². The van der Waals surface area contributed by atoms with Gasteiger partial charge in [0.15, 0.2) is 0 Å². The normalized spacial score (nSPS) is 14.1. The first-order valence-electron chi connectivity index (χ1n) is 9.67. The summed E-state index contributed by atoms with van der Waals surface area (Å²) in [6.07, 6.45) is 1.49. The fourth-order valence-corrected chi connectivity index (χ4v) is 4.05. The summed E-state index contributed by atoms with van der Waals surface area (Å²) < 4.78 is 8.35.